The number of hydrogen-bond acceptors (Lipinski definition) is 4. The molecule has 16 heavy (non-hydrogen) atoms. The number of rotatable bonds is 2. The fraction of sp³-hybridized carbons (Fsp3) is 0.250. The third-order valence-electron chi connectivity index (χ3n) is 2.46. The van der Waals surface area contributed by atoms with Crippen molar-refractivity contribution in [3.63, 3.8) is 0 Å². The van der Waals surface area contributed by atoms with Gasteiger partial charge in [-0.25, -0.2) is 4.79 Å². The maximum Gasteiger partial charge on any atom is 0.328 e. The minimum atomic E-state index is -0.678. The number of carbonyl (C=O) groups excluding carboxylic acids is 1. The average molecular weight is 235 g/mol. The lowest BCUT2D eigenvalue weighted by Gasteiger charge is -2.05. The number of methoxy groups -OCH3 is 1. The zero-order valence-electron chi connectivity index (χ0n) is 9.19. The van der Waals surface area contributed by atoms with E-state index in [1.807, 2.05) is 25.1 Å². The van der Waals surface area contributed by atoms with E-state index >= 15 is 0 Å². The van der Waals surface area contributed by atoms with Gasteiger partial charge in [-0.15, -0.1) is 11.3 Å². The molecule has 2 rings (SSSR count). The zero-order valence-corrected chi connectivity index (χ0v) is 10.0. The summed E-state index contributed by atoms with van der Waals surface area (Å²) in [4.78, 5) is 12.2. The van der Waals surface area contributed by atoms with Crippen molar-refractivity contribution in [1.29, 1.82) is 0 Å². The summed E-state index contributed by atoms with van der Waals surface area (Å²) >= 11 is 1.54. The minimum Gasteiger partial charge on any atom is -0.468 e. The Bertz CT molecular complexity index is 533. The number of aryl methyl sites for hydroxylation is 1. The Labute approximate surface area is 97.8 Å². The Hall–Kier alpha value is -1.39. The van der Waals surface area contributed by atoms with Gasteiger partial charge < -0.3 is 10.5 Å². The topological polar surface area (TPSA) is 52.3 Å². The van der Waals surface area contributed by atoms with E-state index < -0.39 is 12.0 Å². The van der Waals surface area contributed by atoms with E-state index in [1.165, 1.54) is 24.0 Å². The van der Waals surface area contributed by atoms with Crippen molar-refractivity contribution in [2.75, 3.05) is 7.11 Å². The molecule has 0 fully saturated rings. The molecule has 0 saturated carbocycles. The molecule has 1 unspecified atom stereocenters. The highest BCUT2D eigenvalue weighted by atomic mass is 32.1. The van der Waals surface area contributed by atoms with Crippen LogP contribution in [0.15, 0.2) is 24.3 Å². The number of esters is 1. The van der Waals surface area contributed by atoms with Gasteiger partial charge in [0.05, 0.1) is 7.11 Å². The molecule has 1 heterocycles. The third kappa shape index (κ3) is 1.94. The number of benzene rings is 1. The van der Waals surface area contributed by atoms with Gasteiger partial charge in [-0.3, -0.25) is 0 Å². The molecule has 1 atom stereocenters. The Morgan fingerprint density at radius 3 is 2.88 bits per heavy atom. The van der Waals surface area contributed by atoms with Crippen LogP contribution in [0.5, 0.6) is 0 Å². The lowest BCUT2D eigenvalue weighted by molar-refractivity contribution is -0.142. The van der Waals surface area contributed by atoms with Crippen LogP contribution in [0.25, 0.3) is 10.1 Å². The predicted molar refractivity (Wildman–Crippen MR) is 65.5 cm³/mol. The lowest BCUT2D eigenvalue weighted by atomic mass is 10.2. The van der Waals surface area contributed by atoms with Crippen LogP contribution in [0.2, 0.25) is 0 Å². The first-order chi connectivity index (χ1) is 7.61. The fourth-order valence-corrected chi connectivity index (χ4v) is 2.71. The van der Waals surface area contributed by atoms with Crippen LogP contribution in [-0.4, -0.2) is 13.1 Å². The van der Waals surface area contributed by atoms with Crippen LogP contribution in [0, 0.1) is 6.92 Å². The van der Waals surface area contributed by atoms with Gasteiger partial charge in [0.25, 0.3) is 0 Å². The number of fused-ring (bicyclic) bond motifs is 1. The molecule has 2 aromatic rings. The second kappa shape index (κ2) is 4.23. The first kappa shape index (κ1) is 11.1. The average Bonchev–Trinajstić information content (AvgIpc) is 2.69. The summed E-state index contributed by atoms with van der Waals surface area (Å²) in [5.41, 5.74) is 6.99. The van der Waals surface area contributed by atoms with Crippen molar-refractivity contribution < 1.29 is 9.53 Å². The van der Waals surface area contributed by atoms with Crippen LogP contribution in [0.1, 0.15) is 16.5 Å². The molecule has 0 aliphatic heterocycles. The quantitative estimate of drug-likeness (QED) is 0.813. The van der Waals surface area contributed by atoms with Gasteiger partial charge in [0.2, 0.25) is 0 Å². The largest absolute Gasteiger partial charge is 0.468 e. The second-order valence-electron chi connectivity index (χ2n) is 3.69. The van der Waals surface area contributed by atoms with Gasteiger partial charge >= 0.3 is 5.97 Å². The lowest BCUT2D eigenvalue weighted by Crippen LogP contribution is -2.21. The molecule has 0 aliphatic rings. The van der Waals surface area contributed by atoms with E-state index in [9.17, 15) is 4.79 Å². The monoisotopic (exact) mass is 235 g/mol. The van der Waals surface area contributed by atoms with Gasteiger partial charge in [0.15, 0.2) is 0 Å². The molecular formula is C12H13NO2S. The Morgan fingerprint density at radius 2 is 2.19 bits per heavy atom. The summed E-state index contributed by atoms with van der Waals surface area (Å²) in [7, 11) is 1.35. The summed E-state index contributed by atoms with van der Waals surface area (Å²) in [5, 5.41) is 1.12. The van der Waals surface area contributed by atoms with Crippen LogP contribution >= 0.6 is 11.3 Å². The first-order valence-corrected chi connectivity index (χ1v) is 5.77. The van der Waals surface area contributed by atoms with E-state index in [1.54, 1.807) is 0 Å². The van der Waals surface area contributed by atoms with Crippen molar-refractivity contribution in [2.45, 2.75) is 13.0 Å². The molecule has 4 heteroatoms. The molecule has 0 amide bonds. The van der Waals surface area contributed by atoms with Crippen molar-refractivity contribution in [3.05, 3.63) is 34.7 Å². The molecule has 0 bridgehead atoms. The van der Waals surface area contributed by atoms with E-state index in [-0.39, 0.29) is 0 Å². The molecule has 1 aromatic heterocycles. The minimum absolute atomic E-state index is 0.400. The standard InChI is InChI=1S/C12H13NO2S/c1-7-3-4-8-6-10(16-9(8)5-7)11(13)12(14)15-2/h3-6,11H,13H2,1-2H3. The summed E-state index contributed by atoms with van der Waals surface area (Å²) in [6.07, 6.45) is 0. The maximum atomic E-state index is 11.3. The van der Waals surface area contributed by atoms with Gasteiger partial charge in [-0.1, -0.05) is 12.1 Å². The summed E-state index contributed by atoms with van der Waals surface area (Å²) in [5.74, 6) is -0.400. The molecule has 1 aromatic carbocycles. The molecule has 0 aliphatic carbocycles. The van der Waals surface area contributed by atoms with Crippen LogP contribution in [0.4, 0.5) is 0 Å². The van der Waals surface area contributed by atoms with E-state index in [4.69, 9.17) is 5.73 Å². The second-order valence-corrected chi connectivity index (χ2v) is 4.81. The molecule has 0 saturated heterocycles. The van der Waals surface area contributed by atoms with Crippen LogP contribution in [0.3, 0.4) is 0 Å². The smallest absolute Gasteiger partial charge is 0.328 e. The highest BCUT2D eigenvalue weighted by molar-refractivity contribution is 7.19. The van der Waals surface area contributed by atoms with Crippen molar-refractivity contribution >= 4 is 27.4 Å². The zero-order chi connectivity index (χ0) is 11.7. The third-order valence-corrected chi connectivity index (χ3v) is 3.64. The fourth-order valence-electron chi connectivity index (χ4n) is 1.56. The first-order valence-electron chi connectivity index (χ1n) is 4.95. The van der Waals surface area contributed by atoms with E-state index in [0.717, 1.165) is 15.0 Å². The normalized spacial score (nSPS) is 12.7. The van der Waals surface area contributed by atoms with Crippen molar-refractivity contribution in [3.8, 4) is 0 Å². The SMILES string of the molecule is COC(=O)C(N)c1cc2ccc(C)cc2s1. The number of nitrogens with two attached hydrogens (primary N) is 1. The number of ether oxygens (including phenoxy) is 1. The van der Waals surface area contributed by atoms with Gasteiger partial charge in [0, 0.05) is 9.58 Å². The Morgan fingerprint density at radius 1 is 1.44 bits per heavy atom. The van der Waals surface area contributed by atoms with Gasteiger partial charge in [-0.2, -0.15) is 0 Å². The molecule has 84 valence electrons. The molecular weight excluding hydrogens is 222 g/mol. The summed E-state index contributed by atoms with van der Waals surface area (Å²) in [6.45, 7) is 2.04. The van der Waals surface area contributed by atoms with E-state index in [0.29, 0.717) is 0 Å². The number of thiophene rings is 1. The number of hydrogen-bond donors (Lipinski definition) is 1. The maximum absolute atomic E-state index is 11.3. The Kier molecular flexibility index (Phi) is 2.94. The van der Waals surface area contributed by atoms with Gasteiger partial charge in [0.1, 0.15) is 6.04 Å². The van der Waals surface area contributed by atoms with E-state index in [2.05, 4.69) is 10.8 Å². The molecule has 3 nitrogen and oxygen atoms in total. The number of carbonyl (C=O) groups is 1. The van der Waals surface area contributed by atoms with Gasteiger partial charge in [-0.05, 0) is 30.0 Å². The highest BCUT2D eigenvalue weighted by Crippen LogP contribution is 2.30. The van der Waals surface area contributed by atoms with Crippen molar-refractivity contribution in [1.82, 2.24) is 0 Å². The van der Waals surface area contributed by atoms with Crippen LogP contribution < -0.4 is 5.73 Å². The summed E-state index contributed by atoms with van der Waals surface area (Å²) < 4.78 is 5.78. The highest BCUT2D eigenvalue weighted by Gasteiger charge is 2.18. The molecule has 0 radical (unpaired) electrons. The predicted octanol–water partition coefficient (Wildman–Crippen LogP) is 2.38. The van der Waals surface area contributed by atoms with Crippen LogP contribution in [-0.2, 0) is 9.53 Å². The molecule has 0 spiro atoms. The Balaban J connectivity index is 2.43. The molecule has 2 N–H and O–H groups in total. The van der Waals surface area contributed by atoms with Crippen molar-refractivity contribution in [2.24, 2.45) is 5.73 Å². The summed E-state index contributed by atoms with van der Waals surface area (Å²) in [6, 6.07) is 7.44.